The van der Waals surface area contributed by atoms with Crippen LogP contribution in [0.15, 0.2) is 15.1 Å². The molecule has 6 nitrogen and oxygen atoms in total. The van der Waals surface area contributed by atoms with E-state index in [1.165, 1.54) is 0 Å². The van der Waals surface area contributed by atoms with Gasteiger partial charge in [-0.15, -0.1) is 0 Å². The van der Waals surface area contributed by atoms with Gasteiger partial charge in [-0.25, -0.2) is 0 Å². The molecule has 2 aromatic rings. The molecule has 112 valence electrons. The number of hydrogen-bond acceptors (Lipinski definition) is 5. The molecule has 1 saturated heterocycles. The average molecular weight is 289 g/mol. The summed E-state index contributed by atoms with van der Waals surface area (Å²) in [7, 11) is 0. The fraction of sp³-hybridized carbons (Fsp3) is 0.533. The van der Waals surface area contributed by atoms with E-state index in [-0.39, 0.29) is 11.9 Å². The van der Waals surface area contributed by atoms with E-state index in [0.29, 0.717) is 12.2 Å². The number of nitrogens with zero attached hydrogens (tertiary/aromatic N) is 3. The van der Waals surface area contributed by atoms with Crippen LogP contribution in [0.4, 0.5) is 0 Å². The third-order valence-corrected chi connectivity index (χ3v) is 4.06. The van der Waals surface area contributed by atoms with Crippen LogP contribution in [0.5, 0.6) is 0 Å². The van der Waals surface area contributed by atoms with E-state index < -0.39 is 0 Å². The summed E-state index contributed by atoms with van der Waals surface area (Å²) in [5.74, 6) is 1.57. The van der Waals surface area contributed by atoms with Gasteiger partial charge in [0.2, 0.25) is 5.91 Å². The number of amides is 1. The molecule has 1 atom stereocenters. The maximum absolute atomic E-state index is 12.6. The quantitative estimate of drug-likeness (QED) is 0.868. The van der Waals surface area contributed by atoms with Crippen molar-refractivity contribution in [2.24, 2.45) is 0 Å². The lowest BCUT2D eigenvalue weighted by Gasteiger charge is -2.22. The van der Waals surface area contributed by atoms with Gasteiger partial charge in [-0.2, -0.15) is 0 Å². The predicted octanol–water partition coefficient (Wildman–Crippen LogP) is 2.49. The van der Waals surface area contributed by atoms with Crippen LogP contribution in [0.3, 0.4) is 0 Å². The number of likely N-dealkylation sites (tertiary alicyclic amines) is 1. The first kappa shape index (κ1) is 13.9. The molecule has 1 aliphatic rings. The minimum absolute atomic E-state index is 0.000766. The lowest BCUT2D eigenvalue weighted by molar-refractivity contribution is -0.131. The summed E-state index contributed by atoms with van der Waals surface area (Å²) in [5.41, 5.74) is 2.52. The lowest BCUT2D eigenvalue weighted by Crippen LogP contribution is -2.31. The molecule has 0 radical (unpaired) electrons. The van der Waals surface area contributed by atoms with Crippen molar-refractivity contribution in [2.75, 3.05) is 6.54 Å². The highest BCUT2D eigenvalue weighted by atomic mass is 16.5. The second-order valence-corrected chi connectivity index (χ2v) is 5.60. The van der Waals surface area contributed by atoms with Gasteiger partial charge in [0.05, 0.1) is 23.9 Å². The van der Waals surface area contributed by atoms with Gasteiger partial charge in [-0.3, -0.25) is 4.79 Å². The third-order valence-electron chi connectivity index (χ3n) is 4.06. The van der Waals surface area contributed by atoms with Crippen LogP contribution in [0, 0.1) is 20.8 Å². The Labute approximate surface area is 123 Å². The van der Waals surface area contributed by atoms with Crippen LogP contribution in [-0.2, 0) is 11.2 Å². The third kappa shape index (κ3) is 2.57. The van der Waals surface area contributed by atoms with Gasteiger partial charge in [-0.1, -0.05) is 10.3 Å². The highest BCUT2D eigenvalue weighted by molar-refractivity contribution is 5.80. The molecule has 0 aromatic carbocycles. The van der Waals surface area contributed by atoms with E-state index in [1.54, 1.807) is 0 Å². The van der Waals surface area contributed by atoms with E-state index in [0.717, 1.165) is 42.1 Å². The van der Waals surface area contributed by atoms with E-state index in [9.17, 15) is 4.79 Å². The maximum Gasteiger partial charge on any atom is 0.227 e. The summed E-state index contributed by atoms with van der Waals surface area (Å²) >= 11 is 0. The minimum Gasteiger partial charge on any atom is -0.361 e. The van der Waals surface area contributed by atoms with Gasteiger partial charge < -0.3 is 13.9 Å². The Morgan fingerprint density at radius 2 is 2.14 bits per heavy atom. The molecule has 0 spiro atoms. The molecule has 0 bridgehead atoms. The van der Waals surface area contributed by atoms with Crippen molar-refractivity contribution < 1.29 is 13.8 Å². The topological polar surface area (TPSA) is 72.4 Å². The number of rotatable bonds is 3. The van der Waals surface area contributed by atoms with E-state index in [4.69, 9.17) is 9.05 Å². The molecule has 2 aromatic heterocycles. The molecule has 0 unspecified atom stereocenters. The van der Waals surface area contributed by atoms with E-state index in [2.05, 4.69) is 10.3 Å². The molecule has 0 N–H and O–H groups in total. The second-order valence-electron chi connectivity index (χ2n) is 5.60. The van der Waals surface area contributed by atoms with Crippen LogP contribution >= 0.6 is 0 Å². The number of aromatic nitrogens is 2. The van der Waals surface area contributed by atoms with Crippen LogP contribution in [0.1, 0.15) is 47.4 Å². The Morgan fingerprint density at radius 1 is 1.33 bits per heavy atom. The monoisotopic (exact) mass is 289 g/mol. The molecule has 1 amide bonds. The summed E-state index contributed by atoms with van der Waals surface area (Å²) < 4.78 is 10.5. The lowest BCUT2D eigenvalue weighted by atomic mass is 10.1. The summed E-state index contributed by atoms with van der Waals surface area (Å²) in [6.45, 7) is 6.34. The Kier molecular flexibility index (Phi) is 3.53. The van der Waals surface area contributed by atoms with Gasteiger partial charge in [0.1, 0.15) is 5.76 Å². The molecular weight excluding hydrogens is 270 g/mol. The minimum atomic E-state index is -0.000766. The molecule has 6 heteroatoms. The SMILES string of the molecule is Cc1cc([C@@H]2CCCN2C(=O)Cc2c(C)noc2C)on1. The van der Waals surface area contributed by atoms with Crippen molar-refractivity contribution >= 4 is 5.91 Å². The first-order valence-electron chi connectivity index (χ1n) is 7.20. The van der Waals surface area contributed by atoms with Crippen molar-refractivity contribution in [1.82, 2.24) is 15.2 Å². The molecule has 1 fully saturated rings. The summed E-state index contributed by atoms with van der Waals surface area (Å²) in [5, 5.41) is 7.82. The second kappa shape index (κ2) is 5.35. The zero-order chi connectivity index (χ0) is 15.0. The van der Waals surface area contributed by atoms with Crippen molar-refractivity contribution in [2.45, 2.75) is 46.1 Å². The predicted molar refractivity (Wildman–Crippen MR) is 74.6 cm³/mol. The molecule has 0 saturated carbocycles. The Bertz CT molecular complexity index is 639. The highest BCUT2D eigenvalue weighted by Crippen LogP contribution is 2.33. The van der Waals surface area contributed by atoms with Gasteiger partial charge >= 0.3 is 0 Å². The number of carbonyl (C=O) groups is 1. The van der Waals surface area contributed by atoms with Gasteiger partial charge in [-0.05, 0) is 33.6 Å². The van der Waals surface area contributed by atoms with Crippen LogP contribution in [-0.4, -0.2) is 27.7 Å². The summed E-state index contributed by atoms with van der Waals surface area (Å²) in [4.78, 5) is 14.5. The normalized spacial score (nSPS) is 18.4. The standard InChI is InChI=1S/C15H19N3O3/c1-9-7-14(21-16-9)13-5-4-6-18(13)15(19)8-12-10(2)17-20-11(12)3/h7,13H,4-6,8H2,1-3H3/t13-/m0/s1. The van der Waals surface area contributed by atoms with Crippen molar-refractivity contribution in [3.63, 3.8) is 0 Å². The number of aryl methyl sites for hydroxylation is 3. The smallest absolute Gasteiger partial charge is 0.227 e. The van der Waals surface area contributed by atoms with Crippen molar-refractivity contribution in [3.8, 4) is 0 Å². The highest BCUT2D eigenvalue weighted by Gasteiger charge is 2.33. The van der Waals surface area contributed by atoms with Crippen LogP contribution < -0.4 is 0 Å². The number of carbonyl (C=O) groups excluding carboxylic acids is 1. The Balaban J connectivity index is 1.77. The summed E-state index contributed by atoms with van der Waals surface area (Å²) in [6.07, 6.45) is 2.23. The first-order valence-corrected chi connectivity index (χ1v) is 7.20. The molecule has 3 heterocycles. The molecule has 1 aliphatic heterocycles. The van der Waals surface area contributed by atoms with Gasteiger partial charge in [0.25, 0.3) is 0 Å². The molecular formula is C15H19N3O3. The molecule has 0 aliphatic carbocycles. The zero-order valence-electron chi connectivity index (χ0n) is 12.5. The van der Waals surface area contributed by atoms with Crippen molar-refractivity contribution in [1.29, 1.82) is 0 Å². The largest absolute Gasteiger partial charge is 0.361 e. The molecule has 21 heavy (non-hydrogen) atoms. The van der Waals surface area contributed by atoms with E-state index >= 15 is 0 Å². The van der Waals surface area contributed by atoms with Crippen molar-refractivity contribution in [3.05, 3.63) is 34.5 Å². The Morgan fingerprint density at radius 3 is 2.76 bits per heavy atom. The van der Waals surface area contributed by atoms with Gasteiger partial charge in [0, 0.05) is 18.2 Å². The first-order chi connectivity index (χ1) is 10.1. The zero-order valence-corrected chi connectivity index (χ0v) is 12.5. The Hall–Kier alpha value is -2.11. The molecule has 3 rings (SSSR count). The average Bonchev–Trinajstić information content (AvgIpc) is 3.14. The van der Waals surface area contributed by atoms with Gasteiger partial charge in [0.15, 0.2) is 5.76 Å². The number of hydrogen-bond donors (Lipinski definition) is 0. The van der Waals surface area contributed by atoms with E-state index in [1.807, 2.05) is 31.7 Å². The van der Waals surface area contributed by atoms with Crippen LogP contribution in [0.2, 0.25) is 0 Å². The fourth-order valence-corrected chi connectivity index (χ4v) is 2.91. The van der Waals surface area contributed by atoms with Crippen LogP contribution in [0.25, 0.3) is 0 Å². The maximum atomic E-state index is 12.6. The fourth-order valence-electron chi connectivity index (χ4n) is 2.91. The summed E-state index contributed by atoms with van der Waals surface area (Å²) in [6, 6.07) is 1.91.